The van der Waals surface area contributed by atoms with Crippen molar-refractivity contribution >= 4 is 40.0 Å². The standard InChI is InChI=1S/C33H38N6O5/c1-20-17-39(22(3)19-40)32(42)25-13-9-15-27(34-31(41)28-16-21(2)36-38(28)5)30(25)44-29(20)18-37(4)33(43)35-26-14-8-11-23-10-6-7-12-24(23)26/h6-16,20,22,29,40H,17-19H2,1-5H3,(H,34,41)(H,35,43)/t20-,22-,29-/m0/s1. The molecule has 3 atom stereocenters. The van der Waals surface area contributed by atoms with Crippen LogP contribution in [0.5, 0.6) is 5.75 Å². The lowest BCUT2D eigenvalue weighted by atomic mass is 9.99. The maximum Gasteiger partial charge on any atom is 0.321 e. The number of carbonyl (C=O) groups is 3. The van der Waals surface area contributed by atoms with Crippen LogP contribution in [0.25, 0.3) is 10.8 Å². The highest BCUT2D eigenvalue weighted by Gasteiger charge is 2.35. The summed E-state index contributed by atoms with van der Waals surface area (Å²) in [5.74, 6) is -0.755. The summed E-state index contributed by atoms with van der Waals surface area (Å²) in [6.45, 7) is 5.79. The van der Waals surface area contributed by atoms with Crippen molar-refractivity contribution in [1.29, 1.82) is 0 Å². The minimum Gasteiger partial charge on any atom is -0.485 e. The van der Waals surface area contributed by atoms with Gasteiger partial charge in [0.05, 0.1) is 41.8 Å². The van der Waals surface area contributed by atoms with E-state index in [-0.39, 0.29) is 42.3 Å². The van der Waals surface area contributed by atoms with Gasteiger partial charge in [-0.1, -0.05) is 49.4 Å². The van der Waals surface area contributed by atoms with Gasteiger partial charge in [-0.25, -0.2) is 4.79 Å². The number of ether oxygens (including phenoxy) is 1. The number of urea groups is 1. The number of nitrogens with one attached hydrogen (secondary N) is 2. The first-order chi connectivity index (χ1) is 21.1. The van der Waals surface area contributed by atoms with Gasteiger partial charge in [-0.05, 0) is 43.5 Å². The number of aliphatic hydroxyl groups is 1. The summed E-state index contributed by atoms with van der Waals surface area (Å²) in [7, 11) is 3.37. The highest BCUT2D eigenvalue weighted by Crippen LogP contribution is 2.35. The number of likely N-dealkylation sites (N-methyl/N-ethyl adjacent to an activating group) is 1. The van der Waals surface area contributed by atoms with E-state index in [1.54, 1.807) is 62.0 Å². The number of nitrogens with zero attached hydrogens (tertiary/aromatic N) is 4. The molecule has 1 aliphatic rings. The van der Waals surface area contributed by atoms with E-state index in [9.17, 15) is 19.5 Å². The summed E-state index contributed by atoms with van der Waals surface area (Å²) in [5.41, 5.74) is 2.31. The van der Waals surface area contributed by atoms with Crippen LogP contribution < -0.4 is 15.4 Å². The second-order valence-corrected chi connectivity index (χ2v) is 11.4. The van der Waals surface area contributed by atoms with Crippen LogP contribution in [-0.2, 0) is 7.05 Å². The minimum absolute atomic E-state index is 0.190. The Morgan fingerprint density at radius 2 is 1.80 bits per heavy atom. The Balaban J connectivity index is 1.45. The third-order valence-corrected chi connectivity index (χ3v) is 8.01. The van der Waals surface area contributed by atoms with Gasteiger partial charge in [-0.15, -0.1) is 0 Å². The smallest absolute Gasteiger partial charge is 0.321 e. The molecule has 1 aromatic heterocycles. The van der Waals surface area contributed by atoms with Gasteiger partial charge < -0.3 is 30.3 Å². The highest BCUT2D eigenvalue weighted by atomic mass is 16.5. The Hall–Kier alpha value is -4.90. The van der Waals surface area contributed by atoms with Crippen molar-refractivity contribution in [3.05, 3.63) is 83.7 Å². The van der Waals surface area contributed by atoms with E-state index in [2.05, 4.69) is 15.7 Å². The Morgan fingerprint density at radius 3 is 2.52 bits per heavy atom. The molecule has 1 aliphatic heterocycles. The lowest BCUT2D eigenvalue weighted by Crippen LogP contribution is -2.50. The molecule has 0 aliphatic carbocycles. The van der Waals surface area contributed by atoms with Crippen LogP contribution >= 0.6 is 0 Å². The number of amides is 4. The molecule has 0 fully saturated rings. The first-order valence-electron chi connectivity index (χ1n) is 14.6. The Bertz CT molecular complexity index is 1700. The second-order valence-electron chi connectivity index (χ2n) is 11.4. The lowest BCUT2D eigenvalue weighted by molar-refractivity contribution is 0.0372. The predicted molar refractivity (Wildman–Crippen MR) is 169 cm³/mol. The van der Waals surface area contributed by atoms with Crippen molar-refractivity contribution < 1.29 is 24.2 Å². The predicted octanol–water partition coefficient (Wildman–Crippen LogP) is 4.52. The molecular weight excluding hydrogens is 560 g/mol. The Morgan fingerprint density at radius 1 is 1.09 bits per heavy atom. The number of hydrogen-bond donors (Lipinski definition) is 3. The fourth-order valence-electron chi connectivity index (χ4n) is 5.47. The number of hydrogen-bond acceptors (Lipinski definition) is 6. The molecule has 11 nitrogen and oxygen atoms in total. The van der Waals surface area contributed by atoms with Crippen molar-refractivity contribution in [1.82, 2.24) is 19.6 Å². The number of carbonyl (C=O) groups excluding carboxylic acids is 3. The van der Waals surface area contributed by atoms with Crippen LogP contribution in [0, 0.1) is 12.8 Å². The molecule has 0 saturated carbocycles. The Labute approximate surface area is 256 Å². The zero-order valence-electron chi connectivity index (χ0n) is 25.6. The van der Waals surface area contributed by atoms with Crippen molar-refractivity contribution in [3.8, 4) is 5.75 Å². The van der Waals surface area contributed by atoms with Crippen molar-refractivity contribution in [3.63, 3.8) is 0 Å². The normalized spacial score (nSPS) is 17.2. The van der Waals surface area contributed by atoms with E-state index in [1.807, 2.05) is 49.4 Å². The topological polar surface area (TPSA) is 129 Å². The van der Waals surface area contributed by atoms with E-state index in [0.717, 1.165) is 10.8 Å². The van der Waals surface area contributed by atoms with Crippen LogP contribution in [0.15, 0.2) is 66.7 Å². The first-order valence-corrected chi connectivity index (χ1v) is 14.6. The summed E-state index contributed by atoms with van der Waals surface area (Å²) in [5, 5.41) is 22.1. The van der Waals surface area contributed by atoms with Crippen molar-refractivity contribution in [2.45, 2.75) is 32.9 Å². The summed E-state index contributed by atoms with van der Waals surface area (Å²) in [4.78, 5) is 43.6. The third-order valence-electron chi connectivity index (χ3n) is 8.01. The molecule has 44 heavy (non-hydrogen) atoms. The summed E-state index contributed by atoms with van der Waals surface area (Å²) in [6, 6.07) is 19.5. The van der Waals surface area contributed by atoms with Gasteiger partial charge in [0.2, 0.25) is 0 Å². The fourth-order valence-corrected chi connectivity index (χ4v) is 5.47. The second kappa shape index (κ2) is 12.8. The van der Waals surface area contributed by atoms with E-state index in [1.165, 1.54) is 4.68 Å². The number of fused-ring (bicyclic) bond motifs is 2. The van der Waals surface area contributed by atoms with Gasteiger partial charge >= 0.3 is 6.03 Å². The molecule has 4 amide bonds. The fraction of sp³-hybridized carbons (Fsp3) is 0.333. The minimum atomic E-state index is -0.560. The third kappa shape index (κ3) is 6.23. The Kier molecular flexibility index (Phi) is 8.86. The van der Waals surface area contributed by atoms with Gasteiger partial charge in [-0.2, -0.15) is 5.10 Å². The maximum atomic E-state index is 13.8. The van der Waals surface area contributed by atoms with E-state index in [0.29, 0.717) is 29.3 Å². The van der Waals surface area contributed by atoms with Crippen molar-refractivity contribution in [2.24, 2.45) is 13.0 Å². The zero-order valence-corrected chi connectivity index (χ0v) is 25.6. The number of anilines is 2. The molecule has 230 valence electrons. The lowest BCUT2D eigenvalue weighted by Gasteiger charge is -2.38. The molecule has 0 spiro atoms. The molecule has 0 radical (unpaired) electrons. The molecule has 3 aromatic carbocycles. The van der Waals surface area contributed by atoms with Crippen molar-refractivity contribution in [2.75, 3.05) is 37.4 Å². The molecule has 2 heterocycles. The molecule has 5 rings (SSSR count). The molecule has 3 N–H and O–H groups in total. The van der Waals surface area contributed by atoms with Crippen LogP contribution in [0.3, 0.4) is 0 Å². The van der Waals surface area contributed by atoms with E-state index in [4.69, 9.17) is 4.74 Å². The molecular formula is C33H38N6O5. The first kappa shape index (κ1) is 30.6. The van der Waals surface area contributed by atoms with Crippen LogP contribution in [0.2, 0.25) is 0 Å². The molecule has 11 heteroatoms. The quantitative estimate of drug-likeness (QED) is 0.287. The van der Waals surface area contributed by atoms with Crippen LogP contribution in [-0.4, -0.2) is 81.4 Å². The monoisotopic (exact) mass is 598 g/mol. The summed E-state index contributed by atoms with van der Waals surface area (Å²) in [6.07, 6.45) is -0.560. The number of aromatic nitrogens is 2. The molecule has 0 unspecified atom stereocenters. The number of benzene rings is 3. The van der Waals surface area contributed by atoms with Gasteiger partial charge in [0.1, 0.15) is 11.8 Å². The van der Waals surface area contributed by atoms with Crippen LogP contribution in [0.1, 0.15) is 40.4 Å². The zero-order chi connectivity index (χ0) is 31.5. The molecule has 0 bridgehead atoms. The SMILES string of the molecule is Cc1cc(C(=O)Nc2cccc3c2O[C@@H](CN(C)C(=O)Nc2cccc4ccccc24)[C@@H](C)CN([C@@H](C)CO)C3=O)n(C)n1. The summed E-state index contributed by atoms with van der Waals surface area (Å²) >= 11 is 0. The van der Waals surface area contributed by atoms with Crippen LogP contribution in [0.4, 0.5) is 16.2 Å². The average Bonchev–Trinajstić information content (AvgIpc) is 3.36. The van der Waals surface area contributed by atoms with Gasteiger partial charge in [-0.3, -0.25) is 14.3 Å². The van der Waals surface area contributed by atoms with Gasteiger partial charge in [0.25, 0.3) is 11.8 Å². The van der Waals surface area contributed by atoms with E-state index < -0.39 is 18.1 Å². The number of aryl methyl sites for hydroxylation is 2. The number of rotatable bonds is 7. The molecule has 0 saturated heterocycles. The van der Waals surface area contributed by atoms with Gasteiger partial charge in [0, 0.05) is 31.9 Å². The highest BCUT2D eigenvalue weighted by molar-refractivity contribution is 6.06. The molecule has 4 aromatic rings. The maximum absolute atomic E-state index is 13.8. The number of para-hydroxylation sites is 1. The van der Waals surface area contributed by atoms with E-state index >= 15 is 0 Å². The van der Waals surface area contributed by atoms with Gasteiger partial charge in [0.15, 0.2) is 5.75 Å². The average molecular weight is 599 g/mol. The number of aliphatic hydroxyl groups excluding tert-OH is 1. The summed E-state index contributed by atoms with van der Waals surface area (Å²) < 4.78 is 8.05. The largest absolute Gasteiger partial charge is 0.485 e.